The monoisotopic (exact) mass is 457 g/mol. The Morgan fingerprint density at radius 2 is 1.30 bits per heavy atom. The minimum absolute atomic E-state index is 0.195. The fourth-order valence-electron chi connectivity index (χ4n) is 3.32. The van der Waals surface area contributed by atoms with E-state index in [-0.39, 0.29) is 12.3 Å². The molecule has 0 aliphatic heterocycles. The van der Waals surface area contributed by atoms with Gasteiger partial charge in [0.05, 0.1) is 10.9 Å². The van der Waals surface area contributed by atoms with Crippen LogP contribution < -0.4 is 10.5 Å². The summed E-state index contributed by atoms with van der Waals surface area (Å²) in [6.07, 6.45) is 0.195. The summed E-state index contributed by atoms with van der Waals surface area (Å²) in [6.45, 7) is 0. The second-order valence-electron chi connectivity index (χ2n) is 6.99. The molecular weight excluding hydrogens is 438 g/mol. The molecule has 0 saturated heterocycles. The Bertz CT molecular complexity index is 1120. The number of ether oxygens (including phenoxy) is 1. The summed E-state index contributed by atoms with van der Waals surface area (Å²) in [5.41, 5.74) is 10.5. The van der Waals surface area contributed by atoms with E-state index in [2.05, 4.69) is 46.3 Å². The van der Waals surface area contributed by atoms with Gasteiger partial charge in [0, 0.05) is 0 Å². The highest BCUT2D eigenvalue weighted by Gasteiger charge is 2.10. The summed E-state index contributed by atoms with van der Waals surface area (Å²) >= 11 is 3.54. The van der Waals surface area contributed by atoms with E-state index >= 15 is 0 Å². The highest BCUT2D eigenvalue weighted by Crippen LogP contribution is 2.36. The van der Waals surface area contributed by atoms with Gasteiger partial charge in [-0.25, -0.2) is 0 Å². The third kappa shape index (κ3) is 4.78. The molecule has 4 heteroatoms. The zero-order valence-corrected chi connectivity index (χ0v) is 17.8. The van der Waals surface area contributed by atoms with E-state index in [1.807, 2.05) is 66.7 Å². The quantitative estimate of drug-likeness (QED) is 0.354. The smallest absolute Gasteiger partial charge is 0.221 e. The van der Waals surface area contributed by atoms with Crippen LogP contribution in [0.25, 0.3) is 22.3 Å². The summed E-state index contributed by atoms with van der Waals surface area (Å²) in [4.78, 5) is 11.2. The van der Waals surface area contributed by atoms with Crippen molar-refractivity contribution in [2.24, 2.45) is 5.73 Å². The fourth-order valence-corrected chi connectivity index (χ4v) is 3.82. The number of hydrogen-bond donors (Lipinski definition) is 1. The predicted octanol–water partition coefficient (Wildman–Crippen LogP) is 6.60. The fraction of sp³-hybridized carbons (Fsp3) is 0.0385. The molecule has 0 unspecified atom stereocenters. The first-order valence-corrected chi connectivity index (χ1v) is 10.4. The van der Waals surface area contributed by atoms with Gasteiger partial charge in [-0.15, -0.1) is 0 Å². The normalized spacial score (nSPS) is 10.6. The average Bonchev–Trinajstić information content (AvgIpc) is 2.76. The third-order valence-electron chi connectivity index (χ3n) is 4.72. The van der Waals surface area contributed by atoms with E-state index in [0.29, 0.717) is 5.75 Å². The number of amides is 1. The lowest BCUT2D eigenvalue weighted by Crippen LogP contribution is -2.13. The minimum Gasteiger partial charge on any atom is -0.456 e. The van der Waals surface area contributed by atoms with Crippen molar-refractivity contribution in [1.82, 2.24) is 0 Å². The van der Waals surface area contributed by atoms with Crippen molar-refractivity contribution >= 4 is 21.8 Å². The lowest BCUT2D eigenvalue weighted by Gasteiger charge is -2.13. The number of carbonyl (C=O) groups is 1. The number of benzene rings is 4. The Morgan fingerprint density at radius 3 is 1.80 bits per heavy atom. The van der Waals surface area contributed by atoms with Gasteiger partial charge in [-0.05, 0) is 74.1 Å². The molecule has 0 atom stereocenters. The van der Waals surface area contributed by atoms with Crippen LogP contribution in [-0.2, 0) is 11.2 Å². The van der Waals surface area contributed by atoms with Crippen LogP contribution in [0.3, 0.4) is 0 Å². The van der Waals surface area contributed by atoms with Gasteiger partial charge in [-0.1, -0.05) is 66.7 Å². The lowest BCUT2D eigenvalue weighted by molar-refractivity contribution is -0.117. The molecule has 1 amide bonds. The third-order valence-corrected chi connectivity index (χ3v) is 5.34. The van der Waals surface area contributed by atoms with Crippen molar-refractivity contribution in [3.8, 4) is 33.8 Å². The van der Waals surface area contributed by atoms with Crippen molar-refractivity contribution in [3.05, 3.63) is 107 Å². The van der Waals surface area contributed by atoms with Crippen LogP contribution in [0.4, 0.5) is 0 Å². The molecule has 0 heterocycles. The largest absolute Gasteiger partial charge is 0.456 e. The molecule has 4 rings (SSSR count). The van der Waals surface area contributed by atoms with E-state index < -0.39 is 0 Å². The topological polar surface area (TPSA) is 52.3 Å². The molecule has 0 aliphatic rings. The zero-order valence-electron chi connectivity index (χ0n) is 16.2. The standard InChI is InChI=1S/C26H20BrNO2/c27-24-13-18(14-26(28)29)11-12-25(24)30-23-16-21(19-7-3-1-4-8-19)15-22(17-23)20-9-5-2-6-10-20/h1-13,15-17H,14H2,(H2,28,29). The number of nitrogens with two attached hydrogens (primary N) is 1. The van der Waals surface area contributed by atoms with Crippen LogP contribution in [-0.4, -0.2) is 5.91 Å². The molecule has 0 spiro atoms. The number of rotatable bonds is 6. The SMILES string of the molecule is NC(=O)Cc1ccc(Oc2cc(-c3ccccc3)cc(-c3ccccc3)c2)c(Br)c1. The maximum atomic E-state index is 11.2. The Morgan fingerprint density at radius 1 is 0.733 bits per heavy atom. The van der Waals surface area contributed by atoms with Crippen LogP contribution >= 0.6 is 15.9 Å². The van der Waals surface area contributed by atoms with Crippen LogP contribution in [0.2, 0.25) is 0 Å². The van der Waals surface area contributed by atoms with E-state index in [9.17, 15) is 4.79 Å². The molecule has 2 N–H and O–H groups in total. The summed E-state index contributed by atoms with van der Waals surface area (Å²) < 4.78 is 7.00. The molecule has 0 bridgehead atoms. The predicted molar refractivity (Wildman–Crippen MR) is 124 cm³/mol. The first-order valence-electron chi connectivity index (χ1n) is 9.59. The number of carbonyl (C=O) groups excluding carboxylic acids is 1. The van der Waals surface area contributed by atoms with Crippen molar-refractivity contribution < 1.29 is 9.53 Å². The number of primary amides is 1. The van der Waals surface area contributed by atoms with Crippen molar-refractivity contribution in [1.29, 1.82) is 0 Å². The Hall–Kier alpha value is -3.37. The molecule has 30 heavy (non-hydrogen) atoms. The summed E-state index contributed by atoms with van der Waals surface area (Å²) in [7, 11) is 0. The molecule has 0 aliphatic carbocycles. The van der Waals surface area contributed by atoms with Crippen LogP contribution in [0.5, 0.6) is 11.5 Å². The van der Waals surface area contributed by atoms with Gasteiger partial charge in [0.2, 0.25) is 5.91 Å². The van der Waals surface area contributed by atoms with Crippen LogP contribution in [0.15, 0.2) is 102 Å². The van der Waals surface area contributed by atoms with Gasteiger partial charge in [0.25, 0.3) is 0 Å². The maximum absolute atomic E-state index is 11.2. The van der Waals surface area contributed by atoms with Gasteiger partial charge in [-0.2, -0.15) is 0 Å². The van der Waals surface area contributed by atoms with Gasteiger partial charge < -0.3 is 10.5 Å². The zero-order chi connectivity index (χ0) is 20.9. The maximum Gasteiger partial charge on any atom is 0.221 e. The lowest BCUT2D eigenvalue weighted by atomic mass is 9.98. The van der Waals surface area contributed by atoms with Gasteiger partial charge in [0.1, 0.15) is 11.5 Å². The average molecular weight is 458 g/mol. The first-order chi connectivity index (χ1) is 14.6. The molecular formula is C26H20BrNO2. The molecule has 3 nitrogen and oxygen atoms in total. The van der Waals surface area contributed by atoms with E-state index in [4.69, 9.17) is 10.5 Å². The minimum atomic E-state index is -0.362. The molecule has 0 saturated carbocycles. The molecule has 0 fully saturated rings. The Labute approximate surface area is 184 Å². The van der Waals surface area contributed by atoms with Crippen molar-refractivity contribution in [3.63, 3.8) is 0 Å². The first kappa shape index (κ1) is 19.9. The van der Waals surface area contributed by atoms with E-state index in [1.165, 1.54) is 0 Å². The van der Waals surface area contributed by atoms with Crippen LogP contribution in [0, 0.1) is 0 Å². The van der Waals surface area contributed by atoms with Gasteiger partial charge in [0.15, 0.2) is 0 Å². The van der Waals surface area contributed by atoms with Gasteiger partial charge in [-0.3, -0.25) is 4.79 Å². The second kappa shape index (κ2) is 8.97. The number of halogens is 1. The Balaban J connectivity index is 1.73. The highest BCUT2D eigenvalue weighted by atomic mass is 79.9. The second-order valence-corrected chi connectivity index (χ2v) is 7.84. The highest BCUT2D eigenvalue weighted by molar-refractivity contribution is 9.10. The summed E-state index contributed by atoms with van der Waals surface area (Å²) in [6, 6.07) is 32.3. The van der Waals surface area contributed by atoms with Crippen molar-refractivity contribution in [2.75, 3.05) is 0 Å². The molecule has 4 aromatic rings. The Kier molecular flexibility index (Phi) is 5.96. The van der Waals surface area contributed by atoms with E-state index in [0.717, 1.165) is 38.0 Å². The molecule has 0 aromatic heterocycles. The molecule has 0 radical (unpaired) electrons. The molecule has 148 valence electrons. The van der Waals surface area contributed by atoms with Gasteiger partial charge >= 0.3 is 0 Å². The van der Waals surface area contributed by atoms with E-state index in [1.54, 1.807) is 0 Å². The summed E-state index contributed by atoms with van der Waals surface area (Å²) in [5, 5.41) is 0. The molecule has 4 aromatic carbocycles. The summed E-state index contributed by atoms with van der Waals surface area (Å²) in [5.74, 6) is 1.05. The number of hydrogen-bond acceptors (Lipinski definition) is 2. The van der Waals surface area contributed by atoms with Crippen molar-refractivity contribution in [2.45, 2.75) is 6.42 Å². The van der Waals surface area contributed by atoms with Crippen LogP contribution in [0.1, 0.15) is 5.56 Å².